The highest BCUT2D eigenvalue weighted by Crippen LogP contribution is 2.32. The molecule has 0 atom stereocenters. The number of amides is 1. The molecule has 5 nitrogen and oxygen atoms in total. The van der Waals surface area contributed by atoms with Crippen molar-refractivity contribution in [3.8, 4) is 5.75 Å². The van der Waals surface area contributed by atoms with Crippen molar-refractivity contribution in [3.63, 3.8) is 0 Å². The van der Waals surface area contributed by atoms with Crippen LogP contribution in [0.2, 0.25) is 0 Å². The van der Waals surface area contributed by atoms with Crippen LogP contribution in [0.1, 0.15) is 48.9 Å². The molecule has 0 fully saturated rings. The van der Waals surface area contributed by atoms with Gasteiger partial charge in [0.05, 0.1) is 0 Å². The lowest BCUT2D eigenvalue weighted by molar-refractivity contribution is -0.134. The van der Waals surface area contributed by atoms with E-state index in [1.54, 1.807) is 24.3 Å². The first-order valence-corrected chi connectivity index (χ1v) is 11.6. The van der Waals surface area contributed by atoms with Gasteiger partial charge in [-0.3, -0.25) is 14.4 Å². The summed E-state index contributed by atoms with van der Waals surface area (Å²) in [4.78, 5) is 36.6. The molecule has 3 aromatic carbocycles. The predicted octanol–water partition coefficient (Wildman–Crippen LogP) is 6.40. The Morgan fingerprint density at radius 2 is 1.68 bits per heavy atom. The first kappa shape index (κ1) is 23.2. The molecule has 0 saturated carbocycles. The summed E-state index contributed by atoms with van der Waals surface area (Å²) in [5.74, 6) is 0.220. The third kappa shape index (κ3) is 5.87. The Morgan fingerprint density at radius 1 is 0.912 bits per heavy atom. The molecule has 34 heavy (non-hydrogen) atoms. The Morgan fingerprint density at radius 3 is 2.44 bits per heavy atom. The number of carbonyl (C=O) groups is 3. The number of nitrogens with one attached hydrogen (secondary N) is 1. The van der Waals surface area contributed by atoms with Gasteiger partial charge in [-0.15, -0.1) is 0 Å². The summed E-state index contributed by atoms with van der Waals surface area (Å²) in [5.41, 5.74) is 2.12. The number of hydrogen-bond acceptors (Lipinski definition) is 4. The van der Waals surface area contributed by atoms with Gasteiger partial charge in [-0.25, -0.2) is 0 Å². The zero-order valence-corrected chi connectivity index (χ0v) is 19.0. The van der Waals surface area contributed by atoms with Gasteiger partial charge < -0.3 is 10.1 Å². The Kier molecular flexibility index (Phi) is 7.66. The van der Waals surface area contributed by atoms with Crippen LogP contribution in [0.3, 0.4) is 0 Å². The van der Waals surface area contributed by atoms with Gasteiger partial charge in [-0.2, -0.15) is 0 Å². The summed E-state index contributed by atoms with van der Waals surface area (Å²) in [7, 11) is 0. The highest BCUT2D eigenvalue weighted by molar-refractivity contribution is 6.10. The predicted molar refractivity (Wildman–Crippen MR) is 134 cm³/mol. The van der Waals surface area contributed by atoms with Gasteiger partial charge >= 0.3 is 5.97 Å². The fourth-order valence-corrected chi connectivity index (χ4v) is 3.97. The maximum atomic E-state index is 12.6. The van der Waals surface area contributed by atoms with Crippen LogP contribution in [0.5, 0.6) is 5.75 Å². The number of hydrogen-bond donors (Lipinski definition) is 1. The van der Waals surface area contributed by atoms with E-state index in [-0.39, 0.29) is 17.7 Å². The average molecular weight is 454 g/mol. The first-order chi connectivity index (χ1) is 16.6. The lowest BCUT2D eigenvalue weighted by Crippen LogP contribution is -2.12. The van der Waals surface area contributed by atoms with Gasteiger partial charge in [0.1, 0.15) is 5.75 Å². The number of ether oxygens (including phenoxy) is 1. The van der Waals surface area contributed by atoms with E-state index in [1.807, 2.05) is 60.7 Å². The van der Waals surface area contributed by atoms with Crippen molar-refractivity contribution >= 4 is 34.1 Å². The molecule has 0 heterocycles. The highest BCUT2D eigenvalue weighted by atomic mass is 16.5. The van der Waals surface area contributed by atoms with E-state index >= 15 is 0 Å². The first-order valence-electron chi connectivity index (χ1n) is 11.6. The topological polar surface area (TPSA) is 72.5 Å². The number of allylic oxidation sites excluding steroid dienone is 4. The molecule has 0 saturated heterocycles. The van der Waals surface area contributed by atoms with E-state index in [0.717, 1.165) is 29.2 Å². The number of anilines is 1. The fraction of sp³-hybridized carbons (Fsp3) is 0.207. The Hall–Kier alpha value is -3.99. The van der Waals surface area contributed by atoms with Crippen molar-refractivity contribution in [2.75, 3.05) is 5.32 Å². The normalized spacial score (nSPS) is 13.3. The van der Waals surface area contributed by atoms with Crippen molar-refractivity contribution in [3.05, 3.63) is 96.1 Å². The number of rotatable bonds is 9. The molecule has 0 radical (unpaired) electrons. The van der Waals surface area contributed by atoms with E-state index < -0.39 is 0 Å². The molecule has 172 valence electrons. The average Bonchev–Trinajstić information content (AvgIpc) is 3.27. The maximum absolute atomic E-state index is 12.6. The zero-order chi connectivity index (χ0) is 23.8. The molecule has 0 spiro atoms. The maximum Gasteiger partial charge on any atom is 0.311 e. The number of unbranched alkanes of at least 4 members (excludes halogenated alkanes) is 1. The summed E-state index contributed by atoms with van der Waals surface area (Å²) < 4.78 is 5.64. The second-order valence-corrected chi connectivity index (χ2v) is 8.21. The molecule has 1 aliphatic carbocycles. The largest absolute Gasteiger partial charge is 0.426 e. The van der Waals surface area contributed by atoms with Crippen LogP contribution < -0.4 is 10.1 Å². The van der Waals surface area contributed by atoms with Gasteiger partial charge in [0.2, 0.25) is 0 Å². The van der Waals surface area contributed by atoms with Gasteiger partial charge in [0.25, 0.3) is 5.91 Å². The smallest absolute Gasteiger partial charge is 0.311 e. The fourth-order valence-electron chi connectivity index (χ4n) is 3.97. The van der Waals surface area contributed by atoms with Crippen LogP contribution in [-0.2, 0) is 9.59 Å². The minimum Gasteiger partial charge on any atom is -0.426 e. The van der Waals surface area contributed by atoms with E-state index in [0.29, 0.717) is 42.7 Å². The minimum atomic E-state index is -0.298. The quantitative estimate of drug-likeness (QED) is 0.176. The van der Waals surface area contributed by atoms with E-state index in [9.17, 15) is 14.4 Å². The number of benzene rings is 3. The molecule has 1 amide bonds. The van der Waals surface area contributed by atoms with Crippen molar-refractivity contribution in [1.29, 1.82) is 0 Å². The lowest BCUT2D eigenvalue weighted by Gasteiger charge is -2.12. The molecule has 0 aromatic heterocycles. The third-order valence-corrected chi connectivity index (χ3v) is 5.77. The number of esters is 1. The SMILES string of the molecule is O=C(CCCC=CCC1=CCCC1=O)Oc1ccc(NC(=O)c2ccccc2)c2ccccc12. The molecule has 5 heteroatoms. The van der Waals surface area contributed by atoms with Crippen LogP contribution >= 0.6 is 0 Å². The number of Topliss-reactive ketones (excluding diaryl/α,β-unsaturated/α-hetero) is 1. The van der Waals surface area contributed by atoms with Crippen LogP contribution in [0.4, 0.5) is 5.69 Å². The molecule has 1 aliphatic rings. The van der Waals surface area contributed by atoms with Gasteiger partial charge in [0, 0.05) is 34.9 Å². The van der Waals surface area contributed by atoms with E-state index in [4.69, 9.17) is 4.74 Å². The lowest BCUT2D eigenvalue weighted by atomic mass is 10.1. The summed E-state index contributed by atoms with van der Waals surface area (Å²) in [6, 6.07) is 20.0. The standard InChI is InChI=1S/C29H27NO4/c31-26-17-10-14-21(26)11-4-1-2-7-18-28(32)34-27-20-19-25(23-15-8-9-16-24(23)27)30-29(33)22-12-5-3-6-13-22/h1,3-6,8-9,12-16,19-20H,2,7,10-11,17-18H2,(H,30,33). The minimum absolute atomic E-state index is 0.197. The van der Waals surface area contributed by atoms with Crippen LogP contribution in [0, 0.1) is 0 Å². The molecule has 3 aromatic rings. The summed E-state index contributed by atoms with van der Waals surface area (Å²) >= 11 is 0. The second kappa shape index (κ2) is 11.2. The second-order valence-electron chi connectivity index (χ2n) is 8.21. The molecule has 4 rings (SSSR count). The van der Waals surface area contributed by atoms with E-state index in [1.165, 1.54) is 0 Å². The monoisotopic (exact) mass is 453 g/mol. The highest BCUT2D eigenvalue weighted by Gasteiger charge is 2.14. The van der Waals surface area contributed by atoms with Gasteiger partial charge in [-0.05, 0) is 55.5 Å². The van der Waals surface area contributed by atoms with Crippen LogP contribution in [0.15, 0.2) is 90.5 Å². The number of carbonyl (C=O) groups excluding carboxylic acids is 3. The molecule has 1 N–H and O–H groups in total. The Bertz CT molecular complexity index is 1260. The molecular formula is C29H27NO4. The molecule has 0 bridgehead atoms. The number of ketones is 1. The third-order valence-electron chi connectivity index (χ3n) is 5.77. The molecular weight excluding hydrogens is 426 g/mol. The van der Waals surface area contributed by atoms with Gasteiger partial charge in [0.15, 0.2) is 5.78 Å². The Labute approximate surface area is 199 Å². The van der Waals surface area contributed by atoms with E-state index in [2.05, 4.69) is 5.32 Å². The van der Waals surface area contributed by atoms with Gasteiger partial charge in [-0.1, -0.05) is 60.7 Å². The Balaban J connectivity index is 1.34. The summed E-state index contributed by atoms with van der Waals surface area (Å²) in [6.45, 7) is 0. The summed E-state index contributed by atoms with van der Waals surface area (Å²) in [5, 5.41) is 4.51. The van der Waals surface area contributed by atoms with Crippen molar-refractivity contribution < 1.29 is 19.1 Å². The van der Waals surface area contributed by atoms with Crippen LogP contribution in [0.25, 0.3) is 10.8 Å². The van der Waals surface area contributed by atoms with Crippen molar-refractivity contribution in [1.82, 2.24) is 0 Å². The summed E-state index contributed by atoms with van der Waals surface area (Å²) in [6.07, 6.45) is 9.89. The van der Waals surface area contributed by atoms with Crippen molar-refractivity contribution in [2.45, 2.75) is 38.5 Å². The number of fused-ring (bicyclic) bond motifs is 1. The molecule has 0 unspecified atom stereocenters. The zero-order valence-electron chi connectivity index (χ0n) is 19.0. The van der Waals surface area contributed by atoms with Crippen molar-refractivity contribution in [2.24, 2.45) is 0 Å². The van der Waals surface area contributed by atoms with Crippen LogP contribution in [-0.4, -0.2) is 17.7 Å². The molecule has 0 aliphatic heterocycles.